The van der Waals surface area contributed by atoms with Gasteiger partial charge in [-0.25, -0.2) is 0 Å². The average molecular weight is 298 g/mol. The van der Waals surface area contributed by atoms with E-state index in [0.29, 0.717) is 13.1 Å². The van der Waals surface area contributed by atoms with E-state index in [1.54, 1.807) is 4.90 Å². The fraction of sp³-hybridized carbons (Fsp3) is 0.875. The molecule has 1 atom stereocenters. The molecule has 5 nitrogen and oxygen atoms in total. The lowest BCUT2D eigenvalue weighted by atomic mass is 10.1. The second-order valence-electron chi connectivity index (χ2n) is 5.98. The van der Waals surface area contributed by atoms with E-state index in [9.17, 15) is 9.59 Å². The molecule has 0 saturated carbocycles. The van der Waals surface area contributed by atoms with E-state index >= 15 is 0 Å². The second kappa shape index (κ2) is 9.77. The summed E-state index contributed by atoms with van der Waals surface area (Å²) in [5.41, 5.74) is 0. The molecule has 1 heterocycles. The van der Waals surface area contributed by atoms with E-state index in [4.69, 9.17) is 5.11 Å². The Morgan fingerprint density at radius 1 is 1.19 bits per heavy atom. The van der Waals surface area contributed by atoms with Gasteiger partial charge in [0.05, 0.1) is 5.92 Å². The maximum absolute atomic E-state index is 11.8. The van der Waals surface area contributed by atoms with Crippen LogP contribution in [-0.4, -0.2) is 59.5 Å². The summed E-state index contributed by atoms with van der Waals surface area (Å²) in [5.74, 6) is -1.36. The molecule has 0 aromatic rings. The van der Waals surface area contributed by atoms with Crippen molar-refractivity contribution in [2.45, 2.75) is 52.4 Å². The predicted octanol–water partition coefficient (Wildman–Crippen LogP) is 2.21. The van der Waals surface area contributed by atoms with Crippen molar-refractivity contribution in [2.75, 3.05) is 32.7 Å². The fourth-order valence-electron chi connectivity index (χ4n) is 2.74. The van der Waals surface area contributed by atoms with Crippen LogP contribution in [0.1, 0.15) is 52.4 Å². The van der Waals surface area contributed by atoms with Gasteiger partial charge in [0.1, 0.15) is 0 Å². The zero-order valence-corrected chi connectivity index (χ0v) is 13.5. The minimum absolute atomic E-state index is 0.00364. The normalized spacial score (nSPS) is 18.7. The van der Waals surface area contributed by atoms with Crippen LogP contribution >= 0.6 is 0 Å². The van der Waals surface area contributed by atoms with Crippen LogP contribution in [0.2, 0.25) is 0 Å². The first kappa shape index (κ1) is 18.0. The lowest BCUT2D eigenvalue weighted by Gasteiger charge is -2.23. The zero-order chi connectivity index (χ0) is 15.7. The SMILES string of the molecule is CCCCN(CCCC)CCCN1CC(C(=O)O)CC1=O. The monoisotopic (exact) mass is 298 g/mol. The van der Waals surface area contributed by atoms with E-state index in [1.165, 1.54) is 25.7 Å². The van der Waals surface area contributed by atoms with Crippen molar-refractivity contribution in [1.82, 2.24) is 9.80 Å². The van der Waals surface area contributed by atoms with Gasteiger partial charge in [-0.15, -0.1) is 0 Å². The molecule has 0 bridgehead atoms. The van der Waals surface area contributed by atoms with Crippen LogP contribution in [0.25, 0.3) is 0 Å². The number of hydrogen-bond acceptors (Lipinski definition) is 3. The standard InChI is InChI=1S/C16H30N2O3/c1-3-5-8-17(9-6-4-2)10-7-11-18-13-14(16(20)21)12-15(18)19/h14H,3-13H2,1-2H3,(H,20,21). The molecular formula is C16H30N2O3. The van der Waals surface area contributed by atoms with Gasteiger partial charge in [-0.05, 0) is 38.9 Å². The van der Waals surface area contributed by atoms with Crippen molar-refractivity contribution in [3.05, 3.63) is 0 Å². The van der Waals surface area contributed by atoms with Gasteiger partial charge >= 0.3 is 5.97 Å². The summed E-state index contributed by atoms with van der Waals surface area (Å²) in [6.07, 6.45) is 5.94. The smallest absolute Gasteiger partial charge is 0.308 e. The molecule has 0 aromatic heterocycles. The van der Waals surface area contributed by atoms with E-state index in [1.807, 2.05) is 0 Å². The molecule has 1 amide bonds. The van der Waals surface area contributed by atoms with Gasteiger partial charge in [-0.2, -0.15) is 0 Å². The first-order valence-electron chi connectivity index (χ1n) is 8.31. The molecule has 122 valence electrons. The first-order valence-corrected chi connectivity index (χ1v) is 8.31. The number of aliphatic carboxylic acids is 1. The number of carbonyl (C=O) groups is 2. The molecule has 1 N–H and O–H groups in total. The topological polar surface area (TPSA) is 60.9 Å². The van der Waals surface area contributed by atoms with Gasteiger partial charge in [0.2, 0.25) is 5.91 Å². The van der Waals surface area contributed by atoms with E-state index in [-0.39, 0.29) is 12.3 Å². The van der Waals surface area contributed by atoms with E-state index in [0.717, 1.165) is 26.1 Å². The Morgan fingerprint density at radius 2 is 1.76 bits per heavy atom. The molecular weight excluding hydrogens is 268 g/mol. The molecule has 5 heteroatoms. The summed E-state index contributed by atoms with van der Waals surface area (Å²) in [6.45, 7) is 8.74. The van der Waals surface area contributed by atoms with Gasteiger partial charge < -0.3 is 14.9 Å². The number of rotatable bonds is 11. The summed E-state index contributed by atoms with van der Waals surface area (Å²) in [6, 6.07) is 0. The molecule has 1 saturated heterocycles. The van der Waals surface area contributed by atoms with Crippen molar-refractivity contribution in [3.8, 4) is 0 Å². The Bertz CT molecular complexity index is 325. The minimum Gasteiger partial charge on any atom is -0.481 e. The number of nitrogens with zero attached hydrogens (tertiary/aromatic N) is 2. The molecule has 21 heavy (non-hydrogen) atoms. The lowest BCUT2D eigenvalue weighted by Crippen LogP contribution is -2.32. The van der Waals surface area contributed by atoms with Crippen LogP contribution in [0.15, 0.2) is 0 Å². The van der Waals surface area contributed by atoms with Crippen LogP contribution in [0.5, 0.6) is 0 Å². The number of carboxylic acids is 1. The molecule has 1 rings (SSSR count). The number of amides is 1. The predicted molar refractivity (Wildman–Crippen MR) is 83.2 cm³/mol. The number of unbranched alkanes of at least 4 members (excludes halogenated alkanes) is 2. The van der Waals surface area contributed by atoms with Crippen LogP contribution in [0.4, 0.5) is 0 Å². The molecule has 1 fully saturated rings. The molecule has 0 aromatic carbocycles. The minimum atomic E-state index is -0.849. The number of hydrogen-bond donors (Lipinski definition) is 1. The summed E-state index contributed by atoms with van der Waals surface area (Å²) in [4.78, 5) is 26.9. The van der Waals surface area contributed by atoms with Crippen molar-refractivity contribution in [1.29, 1.82) is 0 Å². The highest BCUT2D eigenvalue weighted by molar-refractivity contribution is 5.86. The Hall–Kier alpha value is -1.10. The molecule has 1 aliphatic rings. The molecule has 1 aliphatic heterocycles. The van der Waals surface area contributed by atoms with Crippen molar-refractivity contribution < 1.29 is 14.7 Å². The van der Waals surface area contributed by atoms with Crippen molar-refractivity contribution in [2.24, 2.45) is 5.92 Å². The van der Waals surface area contributed by atoms with E-state index < -0.39 is 11.9 Å². The highest BCUT2D eigenvalue weighted by Crippen LogP contribution is 2.18. The third-order valence-corrected chi connectivity index (χ3v) is 4.12. The van der Waals surface area contributed by atoms with Gasteiger partial charge in [0.25, 0.3) is 0 Å². The highest BCUT2D eigenvalue weighted by atomic mass is 16.4. The number of likely N-dealkylation sites (tertiary alicyclic amines) is 1. The average Bonchev–Trinajstić information content (AvgIpc) is 2.83. The summed E-state index contributed by atoms with van der Waals surface area (Å²) < 4.78 is 0. The van der Waals surface area contributed by atoms with Crippen LogP contribution in [0.3, 0.4) is 0 Å². The van der Waals surface area contributed by atoms with E-state index in [2.05, 4.69) is 18.7 Å². The molecule has 0 aliphatic carbocycles. The Kier molecular flexibility index (Phi) is 8.35. The molecule has 0 radical (unpaired) electrons. The summed E-state index contributed by atoms with van der Waals surface area (Å²) >= 11 is 0. The zero-order valence-electron chi connectivity index (χ0n) is 13.5. The lowest BCUT2D eigenvalue weighted by molar-refractivity contribution is -0.141. The molecule has 0 spiro atoms. The highest BCUT2D eigenvalue weighted by Gasteiger charge is 2.33. The Labute approximate surface area is 128 Å². The maximum atomic E-state index is 11.8. The first-order chi connectivity index (χ1) is 10.1. The molecule has 1 unspecified atom stereocenters. The van der Waals surface area contributed by atoms with Gasteiger partial charge in [0.15, 0.2) is 0 Å². The Morgan fingerprint density at radius 3 is 2.24 bits per heavy atom. The Balaban J connectivity index is 2.29. The third kappa shape index (κ3) is 6.46. The van der Waals surface area contributed by atoms with Gasteiger partial charge in [-0.3, -0.25) is 9.59 Å². The quantitative estimate of drug-likeness (QED) is 0.635. The van der Waals surface area contributed by atoms with Crippen molar-refractivity contribution in [3.63, 3.8) is 0 Å². The largest absolute Gasteiger partial charge is 0.481 e. The van der Waals surface area contributed by atoms with Gasteiger partial charge in [0, 0.05) is 19.5 Å². The summed E-state index contributed by atoms with van der Waals surface area (Å²) in [7, 11) is 0. The second-order valence-corrected chi connectivity index (χ2v) is 5.98. The van der Waals surface area contributed by atoms with Crippen LogP contribution in [0, 0.1) is 5.92 Å². The van der Waals surface area contributed by atoms with Crippen LogP contribution < -0.4 is 0 Å². The van der Waals surface area contributed by atoms with Gasteiger partial charge in [-0.1, -0.05) is 26.7 Å². The number of carbonyl (C=O) groups excluding carboxylic acids is 1. The van der Waals surface area contributed by atoms with Crippen LogP contribution in [-0.2, 0) is 9.59 Å². The van der Waals surface area contributed by atoms with Crippen molar-refractivity contribution >= 4 is 11.9 Å². The fourth-order valence-corrected chi connectivity index (χ4v) is 2.74. The third-order valence-electron chi connectivity index (χ3n) is 4.12. The number of carboxylic acid groups (broad SMARTS) is 1. The maximum Gasteiger partial charge on any atom is 0.308 e. The summed E-state index contributed by atoms with van der Waals surface area (Å²) in [5, 5.41) is 8.97.